The van der Waals surface area contributed by atoms with E-state index >= 15 is 0 Å². The Balaban J connectivity index is 0. The van der Waals surface area contributed by atoms with Crippen LogP contribution in [0.5, 0.6) is 0 Å². The van der Waals surface area contributed by atoms with E-state index in [2.05, 4.69) is 4.98 Å². The number of nitrogens with zero attached hydrogens (tertiary/aromatic N) is 2. The van der Waals surface area contributed by atoms with Crippen LogP contribution in [0.15, 0.2) is 18.6 Å². The molecule has 1 aromatic heterocycles. The summed E-state index contributed by atoms with van der Waals surface area (Å²) in [6.07, 6.45) is 3.80. The summed E-state index contributed by atoms with van der Waals surface area (Å²) in [4.78, 5) is 25.1. The van der Waals surface area contributed by atoms with Crippen LogP contribution in [-0.2, 0) is 16.0 Å². The molecule has 0 saturated carbocycles. The normalized spacial score (nSPS) is 10.2. The van der Waals surface area contributed by atoms with Crippen LogP contribution in [0, 0.1) is 0 Å². The number of rotatable bonds is 5. The lowest BCUT2D eigenvalue weighted by atomic mass is 10.3. The van der Waals surface area contributed by atoms with Crippen LogP contribution in [0.3, 0.4) is 0 Å². The summed E-state index contributed by atoms with van der Waals surface area (Å²) in [6, 6.07) is 0. The number of carboxylic acid groups (broad SMARTS) is 2. The van der Waals surface area contributed by atoms with E-state index in [1.54, 1.807) is 0 Å². The van der Waals surface area contributed by atoms with Crippen molar-refractivity contribution < 1.29 is 19.8 Å². The van der Waals surface area contributed by atoms with Gasteiger partial charge in [-0.25, -0.2) is 14.6 Å². The van der Waals surface area contributed by atoms with Crippen molar-refractivity contribution in [3.05, 3.63) is 24.3 Å². The number of aliphatic carboxylic acids is 2. The van der Waals surface area contributed by atoms with Crippen LogP contribution in [0.25, 0.3) is 5.70 Å². The van der Waals surface area contributed by atoms with Gasteiger partial charge < -0.3 is 15.9 Å². The van der Waals surface area contributed by atoms with E-state index in [0.29, 0.717) is 24.7 Å². The maximum atomic E-state index is 10.8. The predicted molar refractivity (Wildman–Crippen MR) is 69.0 cm³/mol. The Morgan fingerprint density at radius 1 is 1.39 bits per heavy atom. The van der Waals surface area contributed by atoms with Crippen LogP contribution in [0.2, 0.25) is 0 Å². The van der Waals surface area contributed by atoms with Gasteiger partial charge in [-0.15, -0.1) is 24.8 Å². The number of aromatic nitrogens is 2. The van der Waals surface area contributed by atoms with Gasteiger partial charge in [0.15, 0.2) is 0 Å². The van der Waals surface area contributed by atoms with Crippen LogP contribution < -0.4 is 5.73 Å². The number of carboxylic acids is 2. The minimum atomic E-state index is -1.33. The smallest absolute Gasteiger partial charge is 0.353 e. The molecular weight excluding hydrogens is 285 g/mol. The molecular formula is C9H13Cl2N3O4. The number of nitrogens with two attached hydrogens (primary N) is 1. The molecule has 0 amide bonds. The fraction of sp³-hybridized carbons (Fsp3) is 0.222. The summed E-state index contributed by atoms with van der Waals surface area (Å²) in [5.41, 5.74) is 5.55. The van der Waals surface area contributed by atoms with Gasteiger partial charge >= 0.3 is 11.9 Å². The third-order valence-corrected chi connectivity index (χ3v) is 1.79. The largest absolute Gasteiger partial charge is 0.478 e. The predicted octanol–water partition coefficient (Wildman–Crippen LogP) is 0.238. The molecule has 9 heteroatoms. The molecule has 0 spiro atoms. The summed E-state index contributed by atoms with van der Waals surface area (Å²) >= 11 is 0. The summed E-state index contributed by atoms with van der Waals surface area (Å²) in [7, 11) is 0. The van der Waals surface area contributed by atoms with Crippen molar-refractivity contribution in [2.75, 3.05) is 6.54 Å². The Hall–Kier alpha value is -1.57. The Labute approximate surface area is 115 Å². The Morgan fingerprint density at radius 3 is 2.44 bits per heavy atom. The molecule has 0 saturated heterocycles. The van der Waals surface area contributed by atoms with Gasteiger partial charge in [-0.3, -0.25) is 4.57 Å². The fourth-order valence-electron chi connectivity index (χ4n) is 1.14. The van der Waals surface area contributed by atoms with E-state index in [9.17, 15) is 9.59 Å². The highest BCUT2D eigenvalue weighted by molar-refractivity contribution is 6.13. The standard InChI is InChI=1S/C9H11N3O4.2ClH/c10-2-1-6-4-12(5-11-6)7(9(15)16)3-8(13)14;;/h3-5H,1-2,10H2,(H,13,14)(H,15,16);2*1H/b7-3-;;. The first kappa shape index (κ1) is 18.8. The Bertz CT molecular complexity index is 445. The van der Waals surface area contributed by atoms with Crippen molar-refractivity contribution in [3.63, 3.8) is 0 Å². The van der Waals surface area contributed by atoms with Crippen LogP contribution in [-0.4, -0.2) is 38.2 Å². The molecule has 102 valence electrons. The molecule has 1 aromatic rings. The van der Waals surface area contributed by atoms with Gasteiger partial charge in [-0.2, -0.15) is 0 Å². The second-order valence-electron chi connectivity index (χ2n) is 2.98. The second kappa shape index (κ2) is 8.51. The van der Waals surface area contributed by atoms with Crippen LogP contribution in [0.1, 0.15) is 5.69 Å². The highest BCUT2D eigenvalue weighted by atomic mass is 35.5. The highest BCUT2D eigenvalue weighted by Gasteiger charge is 2.12. The third kappa shape index (κ3) is 5.17. The molecule has 1 rings (SSSR count). The SMILES string of the molecule is Cl.Cl.NCCc1cn(/C(=C\C(=O)O)C(=O)O)cn1. The molecule has 0 aromatic carbocycles. The zero-order chi connectivity index (χ0) is 12.1. The van der Waals surface area contributed by atoms with Gasteiger partial charge in [0.1, 0.15) is 5.70 Å². The second-order valence-corrected chi connectivity index (χ2v) is 2.98. The van der Waals surface area contributed by atoms with E-state index in [-0.39, 0.29) is 30.5 Å². The number of hydrogen-bond acceptors (Lipinski definition) is 4. The molecule has 0 radical (unpaired) electrons. The maximum absolute atomic E-state index is 10.8. The summed E-state index contributed by atoms with van der Waals surface area (Å²) in [5, 5.41) is 17.3. The first-order valence-corrected chi connectivity index (χ1v) is 4.46. The zero-order valence-corrected chi connectivity index (χ0v) is 10.8. The molecule has 0 bridgehead atoms. The fourth-order valence-corrected chi connectivity index (χ4v) is 1.14. The van der Waals surface area contributed by atoms with Crippen molar-refractivity contribution in [2.24, 2.45) is 5.73 Å². The number of hydrogen-bond donors (Lipinski definition) is 3. The van der Waals surface area contributed by atoms with Gasteiger partial charge in [-0.1, -0.05) is 0 Å². The monoisotopic (exact) mass is 297 g/mol. The number of halogens is 2. The minimum absolute atomic E-state index is 0. The zero-order valence-electron chi connectivity index (χ0n) is 9.15. The lowest BCUT2D eigenvalue weighted by molar-refractivity contribution is -0.133. The van der Waals surface area contributed by atoms with E-state index in [4.69, 9.17) is 15.9 Å². The van der Waals surface area contributed by atoms with Crippen molar-refractivity contribution in [3.8, 4) is 0 Å². The number of carbonyl (C=O) groups is 2. The molecule has 0 aliphatic heterocycles. The molecule has 0 aliphatic rings. The minimum Gasteiger partial charge on any atom is -0.478 e. The third-order valence-electron chi connectivity index (χ3n) is 1.79. The molecule has 0 fully saturated rings. The van der Waals surface area contributed by atoms with Crippen molar-refractivity contribution in [2.45, 2.75) is 6.42 Å². The van der Waals surface area contributed by atoms with E-state index in [0.717, 1.165) is 4.57 Å². The Morgan fingerprint density at radius 2 is 2.00 bits per heavy atom. The summed E-state index contributed by atoms with van der Waals surface area (Å²) in [6.45, 7) is 0.391. The van der Waals surface area contributed by atoms with Crippen molar-refractivity contribution in [1.82, 2.24) is 9.55 Å². The quantitative estimate of drug-likeness (QED) is 0.670. The summed E-state index contributed by atoms with van der Waals surface area (Å²) < 4.78 is 1.14. The molecule has 1 heterocycles. The average Bonchev–Trinajstić information content (AvgIpc) is 2.62. The van der Waals surface area contributed by atoms with Gasteiger partial charge in [0, 0.05) is 12.6 Å². The molecule has 0 aliphatic carbocycles. The van der Waals surface area contributed by atoms with E-state index < -0.39 is 11.9 Å². The molecule has 4 N–H and O–H groups in total. The van der Waals surface area contributed by atoms with Gasteiger partial charge in [0.2, 0.25) is 0 Å². The van der Waals surface area contributed by atoms with Gasteiger partial charge in [0.05, 0.1) is 18.1 Å². The molecule has 0 unspecified atom stereocenters. The van der Waals surface area contributed by atoms with Gasteiger partial charge in [0.25, 0.3) is 0 Å². The lowest BCUT2D eigenvalue weighted by Gasteiger charge is -2.00. The first-order chi connectivity index (χ1) is 7.54. The van der Waals surface area contributed by atoms with Crippen LogP contribution in [0.4, 0.5) is 0 Å². The van der Waals surface area contributed by atoms with E-state index in [1.807, 2.05) is 0 Å². The summed E-state index contributed by atoms with van der Waals surface area (Å²) in [5.74, 6) is -2.66. The number of imidazole rings is 1. The molecule has 0 atom stereocenters. The van der Waals surface area contributed by atoms with Crippen molar-refractivity contribution >= 4 is 42.4 Å². The van der Waals surface area contributed by atoms with E-state index in [1.165, 1.54) is 12.5 Å². The lowest BCUT2D eigenvalue weighted by Crippen LogP contribution is -2.08. The van der Waals surface area contributed by atoms with Crippen molar-refractivity contribution in [1.29, 1.82) is 0 Å². The molecule has 18 heavy (non-hydrogen) atoms. The molecule has 7 nitrogen and oxygen atoms in total. The average molecular weight is 298 g/mol. The van der Waals surface area contributed by atoms with Crippen LogP contribution >= 0.6 is 24.8 Å². The first-order valence-electron chi connectivity index (χ1n) is 4.46. The topological polar surface area (TPSA) is 118 Å². The highest BCUT2D eigenvalue weighted by Crippen LogP contribution is 2.07. The maximum Gasteiger partial charge on any atom is 0.353 e. The van der Waals surface area contributed by atoms with Gasteiger partial charge in [-0.05, 0) is 6.54 Å². The Kier molecular flexibility index (Phi) is 8.88.